The van der Waals surface area contributed by atoms with Crippen molar-refractivity contribution in [2.75, 3.05) is 16.0 Å². The number of benzene rings is 3. The molecule has 45 heavy (non-hydrogen) atoms. The topological polar surface area (TPSA) is 102 Å². The van der Waals surface area contributed by atoms with Crippen molar-refractivity contribution >= 4 is 40.2 Å². The summed E-state index contributed by atoms with van der Waals surface area (Å²) in [6.45, 7) is 5.69. The number of carbonyl (C=O) groups is 2. The number of amidine groups is 1. The highest BCUT2D eigenvalue weighted by atomic mass is 32.2. The lowest BCUT2D eigenvalue weighted by atomic mass is 10.1. The number of carbonyl (C=O) groups excluding carboxylic acids is 2. The van der Waals surface area contributed by atoms with Crippen LogP contribution in [0.25, 0.3) is 17.1 Å². The number of aliphatic imine (C=N–C) groups is 1. The quantitative estimate of drug-likeness (QED) is 0.212. The van der Waals surface area contributed by atoms with Gasteiger partial charge in [0.05, 0.1) is 17.1 Å². The molecule has 1 saturated heterocycles. The van der Waals surface area contributed by atoms with Gasteiger partial charge in [0.15, 0.2) is 11.0 Å². The van der Waals surface area contributed by atoms with Gasteiger partial charge in [-0.25, -0.2) is 14.5 Å². The van der Waals surface area contributed by atoms with Gasteiger partial charge in [0.25, 0.3) is 0 Å². The lowest BCUT2D eigenvalue weighted by Gasteiger charge is -2.20. The van der Waals surface area contributed by atoms with E-state index in [-0.39, 0.29) is 16.8 Å². The van der Waals surface area contributed by atoms with Gasteiger partial charge in [-0.05, 0) is 85.5 Å². The van der Waals surface area contributed by atoms with Crippen LogP contribution in [-0.4, -0.2) is 49.9 Å². The van der Waals surface area contributed by atoms with Crippen molar-refractivity contribution in [2.24, 2.45) is 4.99 Å². The summed E-state index contributed by atoms with van der Waals surface area (Å²) in [5.41, 5.74) is 4.76. The van der Waals surface area contributed by atoms with Gasteiger partial charge in [0.1, 0.15) is 12.1 Å². The maximum absolute atomic E-state index is 13.2. The molecule has 0 saturated carbocycles. The normalized spacial score (nSPS) is 14.7. The van der Waals surface area contributed by atoms with Gasteiger partial charge in [0, 0.05) is 11.3 Å². The summed E-state index contributed by atoms with van der Waals surface area (Å²) < 4.78 is 68.7. The molecule has 5 rings (SSSR count). The molecule has 0 aliphatic carbocycles. The van der Waals surface area contributed by atoms with E-state index in [4.69, 9.17) is 0 Å². The number of ether oxygens (including phenoxy) is 1. The fourth-order valence-corrected chi connectivity index (χ4v) is 5.34. The molecule has 1 aromatic heterocycles. The Labute approximate surface area is 258 Å². The largest absolute Gasteiger partial charge is 0.499 e. The smallest absolute Gasteiger partial charge is 0.426 e. The summed E-state index contributed by atoms with van der Waals surface area (Å²) in [5, 5.41) is 7.37. The predicted molar refractivity (Wildman–Crippen MR) is 160 cm³/mol. The highest BCUT2D eigenvalue weighted by Crippen LogP contribution is 2.37. The molecule has 0 atom stereocenters. The molecule has 2 heterocycles. The van der Waals surface area contributed by atoms with E-state index in [1.807, 2.05) is 32.0 Å². The van der Waals surface area contributed by atoms with Crippen molar-refractivity contribution < 1.29 is 36.3 Å². The van der Waals surface area contributed by atoms with E-state index < -0.39 is 24.1 Å². The second-order valence-corrected chi connectivity index (χ2v) is 10.9. The maximum atomic E-state index is 13.2. The molecule has 9 nitrogen and oxygen atoms in total. The predicted octanol–water partition coefficient (Wildman–Crippen LogP) is 7.32. The molecule has 1 aliphatic heterocycles. The number of alkyl halides is 5. The van der Waals surface area contributed by atoms with Gasteiger partial charge in [0.2, 0.25) is 5.91 Å². The summed E-state index contributed by atoms with van der Waals surface area (Å²) in [7, 11) is 0. The molecule has 15 heteroatoms. The monoisotopic (exact) mass is 644 g/mol. The number of urea groups is 1. The summed E-state index contributed by atoms with van der Waals surface area (Å²) in [6.07, 6.45) is -9.13. The second-order valence-electron chi connectivity index (χ2n) is 9.98. The number of hydrogen-bond acceptors (Lipinski definition) is 6. The molecule has 1 aliphatic rings. The van der Waals surface area contributed by atoms with Crippen LogP contribution in [0.1, 0.15) is 23.6 Å². The Balaban J connectivity index is 1.28. The van der Waals surface area contributed by atoms with E-state index in [1.54, 1.807) is 25.1 Å². The minimum atomic E-state index is -5.85. The van der Waals surface area contributed by atoms with E-state index in [0.717, 1.165) is 23.3 Å². The van der Waals surface area contributed by atoms with Crippen LogP contribution in [0.15, 0.2) is 72.0 Å². The highest BCUT2D eigenvalue weighted by Gasteiger charge is 2.61. The molecule has 3 aromatic carbocycles. The van der Waals surface area contributed by atoms with Crippen molar-refractivity contribution in [2.45, 2.75) is 39.5 Å². The number of rotatable bonds is 7. The van der Waals surface area contributed by atoms with Crippen LogP contribution in [0.3, 0.4) is 0 Å². The average molecular weight is 645 g/mol. The first-order chi connectivity index (χ1) is 21.3. The fourth-order valence-electron chi connectivity index (χ4n) is 4.48. The molecule has 1 N–H and O–H groups in total. The summed E-state index contributed by atoms with van der Waals surface area (Å²) in [4.78, 5) is 35.5. The molecule has 0 unspecified atom stereocenters. The minimum Gasteiger partial charge on any atom is -0.426 e. The van der Waals surface area contributed by atoms with Crippen molar-refractivity contribution in [3.05, 3.63) is 83.7 Å². The van der Waals surface area contributed by atoms with Crippen LogP contribution in [0.5, 0.6) is 5.75 Å². The Kier molecular flexibility index (Phi) is 8.65. The third kappa shape index (κ3) is 6.82. The van der Waals surface area contributed by atoms with Crippen molar-refractivity contribution in [1.29, 1.82) is 0 Å². The number of amides is 3. The van der Waals surface area contributed by atoms with Crippen molar-refractivity contribution in [1.82, 2.24) is 14.8 Å². The Hall–Kier alpha value is -4.79. The molecule has 0 radical (unpaired) electrons. The average Bonchev–Trinajstić information content (AvgIpc) is 3.59. The van der Waals surface area contributed by atoms with Crippen LogP contribution in [0.2, 0.25) is 0 Å². The Bertz CT molecular complexity index is 1790. The van der Waals surface area contributed by atoms with Crippen molar-refractivity contribution in [3.8, 4) is 22.8 Å². The fraction of sp³-hybridized carbons (Fsp3) is 0.233. The zero-order valence-electron chi connectivity index (χ0n) is 24.0. The van der Waals surface area contributed by atoms with Gasteiger partial charge >= 0.3 is 18.3 Å². The molecule has 234 valence electrons. The van der Waals surface area contributed by atoms with Crippen LogP contribution >= 0.6 is 11.8 Å². The lowest BCUT2D eigenvalue weighted by molar-refractivity contribution is -0.360. The number of nitrogens with zero attached hydrogens (tertiary/aromatic N) is 5. The van der Waals surface area contributed by atoms with Gasteiger partial charge in [-0.2, -0.15) is 26.9 Å². The van der Waals surface area contributed by atoms with E-state index >= 15 is 0 Å². The standard InChI is InChI=1S/C30H25F5N6O3S/c1-4-19-6-5-17(2)13-24(19)41-25(42)15-45-28(41)38-27(43)37-20-7-12-23(18(3)14-20)26-36-16-40(39-26)21-8-10-22(11-9-21)44-30(34,35)29(31,32)33/h5-14,16H,4,15H2,1-3H3,(H,37,43). The molecule has 0 bridgehead atoms. The zero-order valence-corrected chi connectivity index (χ0v) is 24.8. The lowest BCUT2D eigenvalue weighted by Crippen LogP contribution is -2.41. The molecular weight excluding hydrogens is 619 g/mol. The van der Waals surface area contributed by atoms with E-state index in [2.05, 4.69) is 25.1 Å². The first kappa shape index (κ1) is 31.6. The Morgan fingerprint density at radius 1 is 1.04 bits per heavy atom. The number of hydrogen-bond donors (Lipinski definition) is 1. The van der Waals surface area contributed by atoms with Crippen molar-refractivity contribution in [3.63, 3.8) is 0 Å². The number of aryl methyl sites for hydroxylation is 3. The number of halogens is 5. The number of aromatic nitrogens is 3. The first-order valence-electron chi connectivity index (χ1n) is 13.5. The molecule has 3 amide bonds. The number of anilines is 2. The summed E-state index contributed by atoms with van der Waals surface area (Å²) in [5.74, 6) is -0.364. The third-order valence-electron chi connectivity index (χ3n) is 6.71. The number of nitrogens with one attached hydrogen (secondary N) is 1. The van der Waals surface area contributed by atoms with E-state index in [9.17, 15) is 31.5 Å². The van der Waals surface area contributed by atoms with Crippen LogP contribution < -0.4 is 15.0 Å². The summed E-state index contributed by atoms with van der Waals surface area (Å²) >= 11 is 1.19. The Morgan fingerprint density at radius 2 is 1.78 bits per heavy atom. The SMILES string of the molecule is CCc1ccc(C)cc1N1C(=O)CSC1=NC(=O)Nc1ccc(-c2ncn(-c3ccc(OC(F)(F)C(F)(F)F)cc3)n2)c(C)c1. The van der Waals surface area contributed by atoms with Crippen LogP contribution in [0, 0.1) is 13.8 Å². The van der Waals surface area contributed by atoms with E-state index in [0.29, 0.717) is 40.4 Å². The maximum Gasteiger partial charge on any atom is 0.499 e. The first-order valence-corrected chi connectivity index (χ1v) is 14.5. The van der Waals surface area contributed by atoms with Crippen LogP contribution in [0.4, 0.5) is 38.1 Å². The minimum absolute atomic E-state index is 0.161. The summed E-state index contributed by atoms with van der Waals surface area (Å²) in [6, 6.07) is 14.6. The highest BCUT2D eigenvalue weighted by molar-refractivity contribution is 8.15. The van der Waals surface area contributed by atoms with E-state index in [1.165, 1.54) is 39.8 Å². The molecule has 4 aromatic rings. The third-order valence-corrected chi connectivity index (χ3v) is 7.64. The zero-order chi connectivity index (χ0) is 32.5. The second kappa shape index (κ2) is 12.3. The molecular formula is C30H25F5N6O3S. The van der Waals surface area contributed by atoms with Gasteiger partial charge in [-0.1, -0.05) is 30.8 Å². The molecule has 0 spiro atoms. The van der Waals surface area contributed by atoms with Crippen LogP contribution in [-0.2, 0) is 11.2 Å². The van der Waals surface area contributed by atoms with Gasteiger partial charge < -0.3 is 10.1 Å². The molecule has 1 fully saturated rings. The van der Waals surface area contributed by atoms with Gasteiger partial charge in [-0.15, -0.1) is 5.10 Å². The van der Waals surface area contributed by atoms with Gasteiger partial charge in [-0.3, -0.25) is 9.69 Å². The number of thioether (sulfide) groups is 1. The Morgan fingerprint density at radius 3 is 2.44 bits per heavy atom.